The van der Waals surface area contributed by atoms with Crippen LogP contribution < -0.4 is 15.6 Å². The summed E-state index contributed by atoms with van der Waals surface area (Å²) in [5.74, 6) is 1.26. The summed E-state index contributed by atoms with van der Waals surface area (Å²) >= 11 is 1.42. The summed E-state index contributed by atoms with van der Waals surface area (Å²) in [5.41, 5.74) is 1.33. The first-order valence-electron chi connectivity index (χ1n) is 9.43. The van der Waals surface area contributed by atoms with Crippen molar-refractivity contribution in [2.45, 2.75) is 26.2 Å². The normalized spacial score (nSPS) is 11.1. The highest BCUT2D eigenvalue weighted by Gasteiger charge is 2.10. The molecule has 8 heteroatoms. The number of nitrogens with zero attached hydrogens (tertiary/aromatic N) is 2. The summed E-state index contributed by atoms with van der Waals surface area (Å²) < 4.78 is 6.46. The third kappa shape index (κ3) is 4.43. The number of carbonyl (C=O) groups excluding carboxylic acids is 1. The van der Waals surface area contributed by atoms with E-state index in [1.165, 1.54) is 11.3 Å². The van der Waals surface area contributed by atoms with Crippen LogP contribution in [0.25, 0.3) is 21.1 Å². The van der Waals surface area contributed by atoms with E-state index >= 15 is 0 Å². The Morgan fingerprint density at radius 3 is 2.90 bits per heavy atom. The van der Waals surface area contributed by atoms with Crippen LogP contribution >= 0.6 is 11.3 Å². The van der Waals surface area contributed by atoms with Crippen molar-refractivity contribution in [2.75, 3.05) is 11.9 Å². The van der Waals surface area contributed by atoms with Gasteiger partial charge in [0.25, 0.3) is 5.56 Å². The summed E-state index contributed by atoms with van der Waals surface area (Å²) in [6, 6.07) is 12.9. The number of para-hydroxylation sites is 1. The van der Waals surface area contributed by atoms with Gasteiger partial charge in [0.1, 0.15) is 11.6 Å². The fourth-order valence-electron chi connectivity index (χ4n) is 3.07. The Labute approximate surface area is 170 Å². The Kier molecular flexibility index (Phi) is 5.53. The number of benzene rings is 2. The molecule has 0 aliphatic rings. The Balaban J connectivity index is 1.35. The smallest absolute Gasteiger partial charge is 0.258 e. The molecule has 2 heterocycles. The SMILES string of the molecule is CCOc1ccc2nc(NC(=O)CCCc3nc4ccccc4c(=O)[nH]3)sc2c1. The Bertz CT molecular complexity index is 1230. The molecule has 0 saturated carbocycles. The number of aromatic nitrogens is 3. The Hall–Kier alpha value is -3.26. The van der Waals surface area contributed by atoms with Crippen LogP contribution in [0.4, 0.5) is 5.13 Å². The third-order valence-electron chi connectivity index (χ3n) is 4.40. The maximum absolute atomic E-state index is 12.3. The second kappa shape index (κ2) is 8.40. The lowest BCUT2D eigenvalue weighted by Crippen LogP contribution is -2.14. The highest BCUT2D eigenvalue weighted by molar-refractivity contribution is 7.22. The van der Waals surface area contributed by atoms with Crippen molar-refractivity contribution >= 4 is 43.5 Å². The van der Waals surface area contributed by atoms with E-state index in [2.05, 4.69) is 20.3 Å². The molecule has 0 radical (unpaired) electrons. The lowest BCUT2D eigenvalue weighted by molar-refractivity contribution is -0.116. The van der Waals surface area contributed by atoms with Gasteiger partial charge in [-0.25, -0.2) is 9.97 Å². The molecule has 4 rings (SSSR count). The van der Waals surface area contributed by atoms with E-state index in [1.807, 2.05) is 43.3 Å². The number of carbonyl (C=O) groups is 1. The molecule has 0 unspecified atom stereocenters. The van der Waals surface area contributed by atoms with Crippen molar-refractivity contribution in [1.29, 1.82) is 0 Å². The van der Waals surface area contributed by atoms with E-state index in [9.17, 15) is 9.59 Å². The number of anilines is 1. The van der Waals surface area contributed by atoms with Gasteiger partial charge in [-0.3, -0.25) is 9.59 Å². The van der Waals surface area contributed by atoms with Crippen molar-refractivity contribution in [3.05, 3.63) is 58.6 Å². The van der Waals surface area contributed by atoms with Crippen LogP contribution in [-0.2, 0) is 11.2 Å². The van der Waals surface area contributed by atoms with Crippen LogP contribution in [0.2, 0.25) is 0 Å². The van der Waals surface area contributed by atoms with E-state index in [0.717, 1.165) is 16.0 Å². The largest absolute Gasteiger partial charge is 0.494 e. The number of hydrogen-bond donors (Lipinski definition) is 2. The molecule has 2 N–H and O–H groups in total. The quantitative estimate of drug-likeness (QED) is 0.483. The summed E-state index contributed by atoms with van der Waals surface area (Å²) in [4.78, 5) is 36.0. The number of aromatic amines is 1. The summed E-state index contributed by atoms with van der Waals surface area (Å²) in [6.07, 6.45) is 1.41. The van der Waals surface area contributed by atoms with Gasteiger partial charge in [-0.1, -0.05) is 23.5 Å². The fraction of sp³-hybridized carbons (Fsp3) is 0.238. The van der Waals surface area contributed by atoms with Crippen LogP contribution in [0.3, 0.4) is 0 Å². The second-order valence-corrected chi connectivity index (χ2v) is 7.54. The third-order valence-corrected chi connectivity index (χ3v) is 5.33. The minimum absolute atomic E-state index is 0.114. The van der Waals surface area contributed by atoms with Crippen molar-refractivity contribution in [3.8, 4) is 5.75 Å². The number of aryl methyl sites for hydroxylation is 1. The molecule has 2 aromatic carbocycles. The maximum atomic E-state index is 12.3. The van der Waals surface area contributed by atoms with Crippen LogP contribution in [-0.4, -0.2) is 27.5 Å². The molecular weight excluding hydrogens is 388 g/mol. The van der Waals surface area contributed by atoms with Gasteiger partial charge in [0.15, 0.2) is 5.13 Å². The molecule has 29 heavy (non-hydrogen) atoms. The zero-order chi connectivity index (χ0) is 20.2. The minimum atomic E-state index is -0.157. The summed E-state index contributed by atoms with van der Waals surface area (Å²) in [6.45, 7) is 2.54. The fourth-order valence-corrected chi connectivity index (χ4v) is 3.98. The van der Waals surface area contributed by atoms with Crippen LogP contribution in [0, 0.1) is 0 Å². The van der Waals surface area contributed by atoms with Gasteiger partial charge in [0.2, 0.25) is 5.91 Å². The molecule has 0 spiro atoms. The lowest BCUT2D eigenvalue weighted by Gasteiger charge is -2.03. The van der Waals surface area contributed by atoms with Gasteiger partial charge in [0, 0.05) is 12.8 Å². The average Bonchev–Trinajstić information content (AvgIpc) is 3.09. The molecule has 4 aromatic rings. The monoisotopic (exact) mass is 408 g/mol. The van der Waals surface area contributed by atoms with Crippen LogP contribution in [0.5, 0.6) is 5.75 Å². The van der Waals surface area contributed by atoms with Crippen molar-refractivity contribution in [1.82, 2.24) is 15.0 Å². The number of ether oxygens (including phenoxy) is 1. The first-order valence-corrected chi connectivity index (χ1v) is 10.2. The summed E-state index contributed by atoms with van der Waals surface area (Å²) in [7, 11) is 0. The molecule has 0 bridgehead atoms. The standard InChI is InChI=1S/C21H20N4O3S/c1-2-28-13-10-11-16-17(12-13)29-21(23-16)25-19(26)9-5-8-18-22-15-7-4-3-6-14(15)20(27)24-18/h3-4,6-7,10-12H,2,5,8-9H2,1H3,(H,22,24,27)(H,23,25,26). The van der Waals surface area contributed by atoms with Gasteiger partial charge in [-0.15, -0.1) is 0 Å². The zero-order valence-corrected chi connectivity index (χ0v) is 16.7. The number of nitrogens with one attached hydrogen (secondary N) is 2. The Morgan fingerprint density at radius 2 is 2.03 bits per heavy atom. The average molecular weight is 408 g/mol. The van der Waals surface area contributed by atoms with Gasteiger partial charge in [-0.2, -0.15) is 0 Å². The molecule has 0 aliphatic carbocycles. The van der Waals surface area contributed by atoms with Crippen molar-refractivity contribution in [3.63, 3.8) is 0 Å². The van der Waals surface area contributed by atoms with E-state index in [1.54, 1.807) is 6.07 Å². The summed E-state index contributed by atoms with van der Waals surface area (Å²) in [5, 5.41) is 3.98. The molecule has 0 atom stereocenters. The number of amides is 1. The lowest BCUT2D eigenvalue weighted by atomic mass is 10.2. The second-order valence-electron chi connectivity index (χ2n) is 6.51. The molecule has 0 saturated heterocycles. The maximum Gasteiger partial charge on any atom is 0.258 e. The van der Waals surface area contributed by atoms with Gasteiger partial charge in [-0.05, 0) is 43.7 Å². The van der Waals surface area contributed by atoms with Crippen LogP contribution in [0.1, 0.15) is 25.6 Å². The molecule has 1 amide bonds. The predicted molar refractivity (Wildman–Crippen MR) is 115 cm³/mol. The van der Waals surface area contributed by atoms with Gasteiger partial charge >= 0.3 is 0 Å². The molecule has 0 fully saturated rings. The highest BCUT2D eigenvalue weighted by Crippen LogP contribution is 2.29. The molecule has 7 nitrogen and oxygen atoms in total. The molecule has 148 valence electrons. The van der Waals surface area contributed by atoms with Crippen LogP contribution in [0.15, 0.2) is 47.3 Å². The van der Waals surface area contributed by atoms with E-state index in [0.29, 0.717) is 47.7 Å². The van der Waals surface area contributed by atoms with E-state index < -0.39 is 0 Å². The predicted octanol–water partition coefficient (Wildman–Crippen LogP) is 3.89. The first kappa shape index (κ1) is 19.1. The minimum Gasteiger partial charge on any atom is -0.494 e. The number of fused-ring (bicyclic) bond motifs is 2. The zero-order valence-electron chi connectivity index (χ0n) is 15.9. The highest BCUT2D eigenvalue weighted by atomic mass is 32.1. The van der Waals surface area contributed by atoms with Gasteiger partial charge in [0.05, 0.1) is 27.7 Å². The number of thiazole rings is 1. The van der Waals surface area contributed by atoms with Gasteiger partial charge < -0.3 is 15.0 Å². The molecule has 2 aromatic heterocycles. The Morgan fingerprint density at radius 1 is 1.17 bits per heavy atom. The van der Waals surface area contributed by atoms with E-state index in [4.69, 9.17) is 4.74 Å². The number of H-pyrrole nitrogens is 1. The first-order chi connectivity index (χ1) is 14.1. The molecule has 0 aliphatic heterocycles. The number of rotatable bonds is 7. The molecular formula is C21H20N4O3S. The van der Waals surface area contributed by atoms with Crippen molar-refractivity contribution < 1.29 is 9.53 Å². The topological polar surface area (TPSA) is 97.0 Å². The van der Waals surface area contributed by atoms with Crippen molar-refractivity contribution in [2.24, 2.45) is 0 Å². The van der Waals surface area contributed by atoms with E-state index in [-0.39, 0.29) is 11.5 Å². The number of hydrogen-bond acceptors (Lipinski definition) is 6.